The number of hydrogen-bond acceptors (Lipinski definition) is 5. The number of fused-ring (bicyclic) bond motifs is 2. The minimum absolute atomic E-state index is 0.153. The molecule has 0 aliphatic rings. The highest BCUT2D eigenvalue weighted by molar-refractivity contribution is 7.22. The lowest BCUT2D eigenvalue weighted by atomic mass is 10.3. The Morgan fingerprint density at radius 3 is 2.79 bits per heavy atom. The van der Waals surface area contributed by atoms with Crippen molar-refractivity contribution in [3.8, 4) is 0 Å². The van der Waals surface area contributed by atoms with E-state index in [1.807, 2.05) is 49.8 Å². The van der Waals surface area contributed by atoms with Crippen molar-refractivity contribution in [2.24, 2.45) is 0 Å². The van der Waals surface area contributed by atoms with Crippen LogP contribution in [0.4, 0.5) is 9.52 Å². The fraction of sp³-hybridized carbons (Fsp3) is 0.286. The molecule has 0 fully saturated rings. The molecule has 3 aromatic heterocycles. The third-order valence-electron chi connectivity index (χ3n) is 4.71. The Labute approximate surface area is 172 Å². The molecule has 1 aromatic carbocycles. The lowest BCUT2D eigenvalue weighted by Crippen LogP contribution is -2.34. The van der Waals surface area contributed by atoms with E-state index in [-0.39, 0.29) is 11.7 Å². The molecule has 0 saturated heterocycles. The summed E-state index contributed by atoms with van der Waals surface area (Å²) in [4.78, 5) is 26.5. The second-order valence-corrected chi connectivity index (χ2v) is 8.21. The van der Waals surface area contributed by atoms with Crippen LogP contribution in [0.1, 0.15) is 22.6 Å². The molecule has 0 aliphatic heterocycles. The summed E-state index contributed by atoms with van der Waals surface area (Å²) in [6.07, 6.45) is 2.63. The molecule has 4 rings (SSSR count). The molecule has 4 aromatic rings. The van der Waals surface area contributed by atoms with Gasteiger partial charge in [0.05, 0.1) is 15.9 Å². The summed E-state index contributed by atoms with van der Waals surface area (Å²) in [6, 6.07) is 10.1. The first-order valence-electron chi connectivity index (χ1n) is 9.40. The number of pyridine rings is 1. The van der Waals surface area contributed by atoms with E-state index in [1.54, 1.807) is 11.0 Å². The molecule has 0 radical (unpaired) electrons. The molecule has 0 atom stereocenters. The minimum Gasteiger partial charge on any atom is -0.309 e. The second kappa shape index (κ2) is 7.88. The van der Waals surface area contributed by atoms with Gasteiger partial charge >= 0.3 is 0 Å². The molecule has 0 saturated carbocycles. The zero-order valence-corrected chi connectivity index (χ0v) is 17.4. The molecule has 6 nitrogen and oxygen atoms in total. The van der Waals surface area contributed by atoms with Gasteiger partial charge in [-0.05, 0) is 64.3 Å². The van der Waals surface area contributed by atoms with E-state index in [0.717, 1.165) is 23.3 Å². The Hall–Kier alpha value is -2.84. The average Bonchev–Trinajstić information content (AvgIpc) is 3.23. The standard InChI is InChI=1S/C21H22FN5OS/c1-14-19(26-11-5-4-7-18(26)23-14)20(28)27(12-6-10-25(2)3)21-24-16-9-8-15(22)13-17(16)29-21/h4-5,7-9,11,13H,6,10,12H2,1-3H3. The third kappa shape index (κ3) is 3.86. The van der Waals surface area contributed by atoms with Gasteiger partial charge in [-0.2, -0.15) is 0 Å². The van der Waals surface area contributed by atoms with Crippen LogP contribution in [0.25, 0.3) is 15.9 Å². The Morgan fingerprint density at radius 2 is 2.00 bits per heavy atom. The van der Waals surface area contributed by atoms with Gasteiger partial charge in [-0.3, -0.25) is 14.1 Å². The number of anilines is 1. The predicted molar refractivity (Wildman–Crippen MR) is 114 cm³/mol. The minimum atomic E-state index is -0.309. The van der Waals surface area contributed by atoms with Crippen LogP contribution in [-0.2, 0) is 0 Å². The van der Waals surface area contributed by atoms with E-state index in [2.05, 4.69) is 14.9 Å². The number of imidazole rings is 1. The molecule has 0 N–H and O–H groups in total. The number of nitrogens with zero attached hydrogens (tertiary/aromatic N) is 5. The topological polar surface area (TPSA) is 53.7 Å². The zero-order valence-electron chi connectivity index (χ0n) is 16.6. The Balaban J connectivity index is 1.76. The highest BCUT2D eigenvalue weighted by Gasteiger charge is 2.26. The van der Waals surface area contributed by atoms with Crippen LogP contribution in [0.2, 0.25) is 0 Å². The molecule has 0 aliphatic carbocycles. The molecular weight excluding hydrogens is 389 g/mol. The van der Waals surface area contributed by atoms with Gasteiger partial charge in [-0.25, -0.2) is 14.4 Å². The van der Waals surface area contributed by atoms with Crippen molar-refractivity contribution in [3.63, 3.8) is 0 Å². The summed E-state index contributed by atoms with van der Waals surface area (Å²) in [5, 5.41) is 0.569. The van der Waals surface area contributed by atoms with Gasteiger partial charge in [-0.1, -0.05) is 17.4 Å². The number of benzene rings is 1. The molecule has 0 bridgehead atoms. The van der Waals surface area contributed by atoms with Crippen molar-refractivity contribution < 1.29 is 9.18 Å². The summed E-state index contributed by atoms with van der Waals surface area (Å²) in [6.45, 7) is 3.19. The van der Waals surface area contributed by atoms with Crippen LogP contribution in [-0.4, -0.2) is 52.4 Å². The molecule has 0 spiro atoms. The van der Waals surface area contributed by atoms with Gasteiger partial charge in [0, 0.05) is 12.7 Å². The van der Waals surface area contributed by atoms with E-state index < -0.39 is 0 Å². The van der Waals surface area contributed by atoms with Crippen LogP contribution in [0.3, 0.4) is 0 Å². The summed E-state index contributed by atoms with van der Waals surface area (Å²) >= 11 is 1.33. The van der Waals surface area contributed by atoms with Crippen molar-refractivity contribution in [3.05, 3.63) is 59.8 Å². The Bertz CT molecular complexity index is 1180. The molecule has 1 amide bonds. The van der Waals surface area contributed by atoms with Gasteiger partial charge in [0.15, 0.2) is 5.13 Å². The molecule has 29 heavy (non-hydrogen) atoms. The number of carbonyl (C=O) groups excluding carboxylic acids is 1. The molecular formula is C21H22FN5OS. The van der Waals surface area contributed by atoms with Crippen LogP contribution < -0.4 is 4.90 Å². The number of halogens is 1. The fourth-order valence-electron chi connectivity index (χ4n) is 3.33. The summed E-state index contributed by atoms with van der Waals surface area (Å²) < 4.78 is 16.2. The third-order valence-corrected chi connectivity index (χ3v) is 5.75. The number of aromatic nitrogens is 3. The second-order valence-electron chi connectivity index (χ2n) is 7.20. The highest BCUT2D eigenvalue weighted by Crippen LogP contribution is 2.31. The van der Waals surface area contributed by atoms with Crippen LogP contribution >= 0.6 is 11.3 Å². The SMILES string of the molecule is Cc1nc2ccccn2c1C(=O)N(CCCN(C)C)c1nc2ccc(F)cc2s1. The first-order chi connectivity index (χ1) is 13.9. The number of aryl methyl sites for hydroxylation is 1. The van der Waals surface area contributed by atoms with E-state index >= 15 is 0 Å². The lowest BCUT2D eigenvalue weighted by molar-refractivity contribution is 0.0979. The number of rotatable bonds is 6. The summed E-state index contributed by atoms with van der Waals surface area (Å²) in [7, 11) is 4.00. The van der Waals surface area contributed by atoms with Crippen LogP contribution in [0, 0.1) is 12.7 Å². The quantitative estimate of drug-likeness (QED) is 0.481. The first-order valence-corrected chi connectivity index (χ1v) is 10.2. The first kappa shape index (κ1) is 19.5. The van der Waals surface area contributed by atoms with Crippen LogP contribution in [0.5, 0.6) is 0 Å². The summed E-state index contributed by atoms with van der Waals surface area (Å²) in [5.41, 5.74) is 2.61. The predicted octanol–water partition coefficient (Wildman–Crippen LogP) is 3.99. The highest BCUT2D eigenvalue weighted by atomic mass is 32.1. The van der Waals surface area contributed by atoms with Crippen molar-refractivity contribution in [1.82, 2.24) is 19.3 Å². The van der Waals surface area contributed by atoms with Gasteiger partial charge < -0.3 is 4.90 Å². The van der Waals surface area contributed by atoms with Crippen molar-refractivity contribution in [2.75, 3.05) is 32.1 Å². The van der Waals surface area contributed by atoms with Crippen LogP contribution in [0.15, 0.2) is 42.6 Å². The maximum absolute atomic E-state index is 13.6. The van der Waals surface area contributed by atoms with Gasteiger partial charge in [0.25, 0.3) is 5.91 Å². The van der Waals surface area contributed by atoms with Crippen molar-refractivity contribution >= 4 is 38.2 Å². The number of amides is 1. The Kier molecular flexibility index (Phi) is 5.29. The smallest absolute Gasteiger partial charge is 0.278 e. The van der Waals surface area contributed by atoms with Gasteiger partial charge in [-0.15, -0.1) is 0 Å². The summed E-state index contributed by atoms with van der Waals surface area (Å²) in [5.74, 6) is -0.463. The number of hydrogen-bond donors (Lipinski definition) is 0. The molecule has 3 heterocycles. The van der Waals surface area contributed by atoms with Gasteiger partial charge in [0.1, 0.15) is 17.2 Å². The molecule has 8 heteroatoms. The van der Waals surface area contributed by atoms with E-state index in [9.17, 15) is 9.18 Å². The van der Waals surface area contributed by atoms with Crippen molar-refractivity contribution in [2.45, 2.75) is 13.3 Å². The average molecular weight is 412 g/mol. The largest absolute Gasteiger partial charge is 0.309 e. The normalized spacial score (nSPS) is 11.6. The maximum atomic E-state index is 13.6. The number of thiazole rings is 1. The molecule has 0 unspecified atom stereocenters. The fourth-order valence-corrected chi connectivity index (χ4v) is 4.34. The molecule has 150 valence electrons. The van der Waals surface area contributed by atoms with E-state index in [1.165, 1.54) is 23.5 Å². The zero-order chi connectivity index (χ0) is 20.5. The monoisotopic (exact) mass is 411 g/mol. The van der Waals surface area contributed by atoms with E-state index in [4.69, 9.17) is 0 Å². The van der Waals surface area contributed by atoms with E-state index in [0.29, 0.717) is 28.6 Å². The van der Waals surface area contributed by atoms with Crippen molar-refractivity contribution in [1.29, 1.82) is 0 Å². The maximum Gasteiger partial charge on any atom is 0.278 e. The van der Waals surface area contributed by atoms with Gasteiger partial charge in [0.2, 0.25) is 0 Å². The lowest BCUT2D eigenvalue weighted by Gasteiger charge is -2.21. The number of carbonyl (C=O) groups is 1. The Morgan fingerprint density at radius 1 is 1.17 bits per heavy atom.